The first-order chi connectivity index (χ1) is 8.29. The lowest BCUT2D eigenvalue weighted by Gasteiger charge is -2.40. The monoisotopic (exact) mass is 238 g/mol. The average molecular weight is 238 g/mol. The Hall–Kier alpha value is -0.410. The smallest absolute Gasteiger partial charge is 0.136 e. The van der Waals surface area contributed by atoms with Crippen molar-refractivity contribution in [1.29, 1.82) is 0 Å². The van der Waals surface area contributed by atoms with Crippen LogP contribution in [0, 0.1) is 11.8 Å². The molecule has 0 aromatic carbocycles. The third-order valence-electron chi connectivity index (χ3n) is 4.77. The van der Waals surface area contributed by atoms with Crippen molar-refractivity contribution >= 4 is 5.78 Å². The molecule has 96 valence electrons. The number of Topliss-reactive ketones (excluding diaryl/α,β-unsaturated/α-hetero) is 1. The number of hydrogen-bond donors (Lipinski definition) is 0. The zero-order chi connectivity index (χ0) is 11.7. The number of hydrogen-bond acceptors (Lipinski definition) is 3. The molecule has 3 atom stereocenters. The van der Waals surface area contributed by atoms with E-state index in [1.165, 1.54) is 6.42 Å². The van der Waals surface area contributed by atoms with Crippen LogP contribution in [0.5, 0.6) is 0 Å². The molecule has 3 fully saturated rings. The fourth-order valence-corrected chi connectivity index (χ4v) is 3.78. The molecule has 17 heavy (non-hydrogen) atoms. The van der Waals surface area contributed by atoms with E-state index in [9.17, 15) is 4.79 Å². The van der Waals surface area contributed by atoms with Crippen molar-refractivity contribution in [2.75, 3.05) is 19.8 Å². The van der Waals surface area contributed by atoms with Gasteiger partial charge < -0.3 is 9.47 Å². The van der Waals surface area contributed by atoms with Gasteiger partial charge in [0.25, 0.3) is 0 Å². The third kappa shape index (κ3) is 2.27. The summed E-state index contributed by atoms with van der Waals surface area (Å²) >= 11 is 0. The predicted molar refractivity (Wildman–Crippen MR) is 63.8 cm³/mol. The van der Waals surface area contributed by atoms with Gasteiger partial charge in [-0.1, -0.05) is 6.42 Å². The lowest BCUT2D eigenvalue weighted by atomic mass is 9.72. The van der Waals surface area contributed by atoms with Gasteiger partial charge in [0.05, 0.1) is 12.2 Å². The van der Waals surface area contributed by atoms with Crippen molar-refractivity contribution in [1.82, 2.24) is 0 Å². The van der Waals surface area contributed by atoms with Gasteiger partial charge in [0, 0.05) is 32.0 Å². The van der Waals surface area contributed by atoms with Crippen LogP contribution in [0.3, 0.4) is 0 Å². The fraction of sp³-hybridized carbons (Fsp3) is 0.929. The molecule has 0 radical (unpaired) electrons. The van der Waals surface area contributed by atoms with Gasteiger partial charge >= 0.3 is 0 Å². The lowest BCUT2D eigenvalue weighted by Crippen LogP contribution is -2.44. The summed E-state index contributed by atoms with van der Waals surface area (Å²) in [5.41, 5.74) is -0.0410. The van der Waals surface area contributed by atoms with Crippen molar-refractivity contribution in [3.05, 3.63) is 0 Å². The van der Waals surface area contributed by atoms with E-state index in [-0.39, 0.29) is 5.60 Å². The molecule has 3 rings (SSSR count). The first kappa shape index (κ1) is 11.7. The van der Waals surface area contributed by atoms with Gasteiger partial charge in [0.2, 0.25) is 0 Å². The second-order valence-corrected chi connectivity index (χ2v) is 5.91. The minimum absolute atomic E-state index is 0.0410. The Bertz CT molecular complexity index is 294. The molecule has 3 unspecified atom stereocenters. The first-order valence-corrected chi connectivity index (χ1v) is 7.04. The summed E-state index contributed by atoms with van der Waals surface area (Å²) in [4.78, 5) is 12.0. The Kier molecular flexibility index (Phi) is 3.22. The van der Waals surface area contributed by atoms with Gasteiger partial charge in [0.1, 0.15) is 5.78 Å². The van der Waals surface area contributed by atoms with Gasteiger partial charge in [-0.25, -0.2) is 0 Å². The second kappa shape index (κ2) is 4.69. The largest absolute Gasteiger partial charge is 0.378 e. The van der Waals surface area contributed by atoms with Crippen molar-refractivity contribution in [2.45, 2.75) is 50.5 Å². The highest BCUT2D eigenvalue weighted by Crippen LogP contribution is 2.41. The molecule has 3 aliphatic rings. The van der Waals surface area contributed by atoms with E-state index in [1.54, 1.807) is 0 Å². The minimum atomic E-state index is -0.0410. The van der Waals surface area contributed by atoms with Crippen LogP contribution in [0.4, 0.5) is 0 Å². The Labute approximate surface area is 103 Å². The van der Waals surface area contributed by atoms with Crippen molar-refractivity contribution < 1.29 is 14.3 Å². The van der Waals surface area contributed by atoms with Gasteiger partial charge in [-0.05, 0) is 31.6 Å². The molecule has 0 aromatic rings. The Morgan fingerprint density at radius 2 is 2.12 bits per heavy atom. The van der Waals surface area contributed by atoms with Crippen LogP contribution in [0.2, 0.25) is 0 Å². The molecule has 2 heterocycles. The molecule has 1 aliphatic carbocycles. The average Bonchev–Trinajstić information content (AvgIpc) is 2.78. The van der Waals surface area contributed by atoms with Gasteiger partial charge in [0.15, 0.2) is 0 Å². The van der Waals surface area contributed by atoms with E-state index >= 15 is 0 Å². The maximum Gasteiger partial charge on any atom is 0.136 e. The standard InChI is InChI=1S/C14H22O3/c15-13-4-2-1-3-12(13)11-5-7-17-14(9-11)6-8-16-10-14/h11-12H,1-10H2. The molecule has 3 nitrogen and oxygen atoms in total. The number of rotatable bonds is 1. The van der Waals surface area contributed by atoms with Crippen LogP contribution in [0.15, 0.2) is 0 Å². The summed E-state index contributed by atoms with van der Waals surface area (Å²) in [7, 11) is 0. The SMILES string of the molecule is O=C1CCCCC1C1CCOC2(CCOC2)C1. The van der Waals surface area contributed by atoms with Gasteiger partial charge in [-0.15, -0.1) is 0 Å². The third-order valence-corrected chi connectivity index (χ3v) is 4.77. The molecule has 0 aromatic heterocycles. The zero-order valence-electron chi connectivity index (χ0n) is 10.5. The van der Waals surface area contributed by atoms with Crippen LogP contribution in [-0.4, -0.2) is 31.2 Å². The highest BCUT2D eigenvalue weighted by atomic mass is 16.6. The van der Waals surface area contributed by atoms with E-state index in [4.69, 9.17) is 9.47 Å². The van der Waals surface area contributed by atoms with Crippen LogP contribution in [0.1, 0.15) is 44.9 Å². The maximum absolute atomic E-state index is 12.0. The maximum atomic E-state index is 12.0. The Balaban J connectivity index is 1.68. The molecule has 1 saturated carbocycles. The van der Waals surface area contributed by atoms with E-state index < -0.39 is 0 Å². The highest BCUT2D eigenvalue weighted by molar-refractivity contribution is 5.81. The van der Waals surface area contributed by atoms with Crippen LogP contribution in [-0.2, 0) is 14.3 Å². The van der Waals surface area contributed by atoms with Crippen LogP contribution < -0.4 is 0 Å². The molecule has 0 amide bonds. The molecule has 2 aliphatic heterocycles. The molecule has 0 N–H and O–H groups in total. The van der Waals surface area contributed by atoms with Gasteiger partial charge in [-0.3, -0.25) is 4.79 Å². The summed E-state index contributed by atoms with van der Waals surface area (Å²) in [6, 6.07) is 0. The lowest BCUT2D eigenvalue weighted by molar-refractivity contribution is -0.135. The van der Waals surface area contributed by atoms with E-state index in [2.05, 4.69) is 0 Å². The first-order valence-electron chi connectivity index (χ1n) is 7.04. The highest BCUT2D eigenvalue weighted by Gasteiger charge is 2.44. The van der Waals surface area contributed by atoms with E-state index in [1.807, 2.05) is 0 Å². The zero-order valence-corrected chi connectivity index (χ0v) is 10.5. The molecule has 0 bridgehead atoms. The summed E-state index contributed by atoms with van der Waals surface area (Å²) < 4.78 is 11.4. The predicted octanol–water partition coefficient (Wildman–Crippen LogP) is 2.33. The summed E-state index contributed by atoms with van der Waals surface area (Å²) in [5, 5.41) is 0. The molecular formula is C14H22O3. The summed E-state index contributed by atoms with van der Waals surface area (Å²) in [5.74, 6) is 1.39. The topological polar surface area (TPSA) is 35.5 Å². The molecular weight excluding hydrogens is 216 g/mol. The number of ketones is 1. The Morgan fingerprint density at radius 3 is 2.88 bits per heavy atom. The quantitative estimate of drug-likeness (QED) is 0.703. The number of ether oxygens (including phenoxy) is 2. The van der Waals surface area contributed by atoms with E-state index in [0.717, 1.165) is 58.3 Å². The molecule has 3 heteroatoms. The second-order valence-electron chi connectivity index (χ2n) is 5.91. The summed E-state index contributed by atoms with van der Waals surface area (Å²) in [6.45, 7) is 2.38. The normalized spacial score (nSPS) is 43.2. The van der Waals surface area contributed by atoms with Gasteiger partial charge in [-0.2, -0.15) is 0 Å². The number of carbonyl (C=O) groups excluding carboxylic acids is 1. The van der Waals surface area contributed by atoms with Crippen molar-refractivity contribution in [3.63, 3.8) is 0 Å². The molecule has 1 spiro atoms. The van der Waals surface area contributed by atoms with Crippen molar-refractivity contribution in [3.8, 4) is 0 Å². The van der Waals surface area contributed by atoms with E-state index in [0.29, 0.717) is 17.6 Å². The number of carbonyl (C=O) groups is 1. The van der Waals surface area contributed by atoms with Crippen molar-refractivity contribution in [2.24, 2.45) is 11.8 Å². The molecule has 2 saturated heterocycles. The van der Waals surface area contributed by atoms with Crippen LogP contribution in [0.25, 0.3) is 0 Å². The Morgan fingerprint density at radius 1 is 1.18 bits per heavy atom. The van der Waals surface area contributed by atoms with Crippen LogP contribution >= 0.6 is 0 Å². The summed E-state index contributed by atoms with van der Waals surface area (Å²) in [6.07, 6.45) is 7.39. The fourth-order valence-electron chi connectivity index (χ4n) is 3.78. The minimum Gasteiger partial charge on any atom is -0.378 e.